The Kier molecular flexibility index (Phi) is 5.31. The molecule has 0 fully saturated rings. The van der Waals surface area contributed by atoms with Gasteiger partial charge < -0.3 is 9.47 Å². The molecule has 0 amide bonds. The van der Waals surface area contributed by atoms with Gasteiger partial charge in [-0.1, -0.05) is 11.8 Å². The predicted molar refractivity (Wildman–Crippen MR) is 87.6 cm³/mol. The minimum Gasteiger partial charge on any atom is -0.496 e. The lowest BCUT2D eigenvalue weighted by Gasteiger charge is -2.09. The van der Waals surface area contributed by atoms with Crippen LogP contribution in [0.2, 0.25) is 0 Å². The van der Waals surface area contributed by atoms with E-state index in [1.165, 1.54) is 17.8 Å². The molecular formula is C15H13IO3S. The molecule has 0 bridgehead atoms. The second-order valence-electron chi connectivity index (χ2n) is 3.91. The van der Waals surface area contributed by atoms with Crippen LogP contribution in [0.15, 0.2) is 52.3 Å². The summed E-state index contributed by atoms with van der Waals surface area (Å²) in [7, 11) is 2.90. The maximum absolute atomic E-state index is 11.7. The molecule has 0 unspecified atom stereocenters. The Morgan fingerprint density at radius 2 is 1.70 bits per heavy atom. The Morgan fingerprint density at radius 3 is 2.30 bits per heavy atom. The highest BCUT2D eigenvalue weighted by molar-refractivity contribution is 14.1. The van der Waals surface area contributed by atoms with E-state index in [1.807, 2.05) is 18.2 Å². The first-order valence-electron chi connectivity index (χ1n) is 5.84. The van der Waals surface area contributed by atoms with Gasteiger partial charge in [-0.25, -0.2) is 4.79 Å². The number of benzene rings is 2. The summed E-state index contributed by atoms with van der Waals surface area (Å²) in [5, 5.41) is 0. The van der Waals surface area contributed by atoms with Gasteiger partial charge in [0.2, 0.25) is 0 Å². The molecule has 0 radical (unpaired) electrons. The normalized spacial score (nSPS) is 10.2. The zero-order valence-corrected chi connectivity index (χ0v) is 14.0. The van der Waals surface area contributed by atoms with Gasteiger partial charge in [0.25, 0.3) is 0 Å². The fraction of sp³-hybridized carbons (Fsp3) is 0.133. The molecule has 3 nitrogen and oxygen atoms in total. The van der Waals surface area contributed by atoms with E-state index in [9.17, 15) is 4.79 Å². The third-order valence-electron chi connectivity index (χ3n) is 2.63. The summed E-state index contributed by atoms with van der Waals surface area (Å²) < 4.78 is 11.1. The highest BCUT2D eigenvalue weighted by Crippen LogP contribution is 2.31. The molecule has 0 aliphatic carbocycles. The first-order valence-corrected chi connectivity index (χ1v) is 7.73. The van der Waals surface area contributed by atoms with E-state index >= 15 is 0 Å². The molecular weight excluding hydrogens is 387 g/mol. The minimum absolute atomic E-state index is 0.396. The van der Waals surface area contributed by atoms with Gasteiger partial charge in [-0.05, 0) is 65.1 Å². The van der Waals surface area contributed by atoms with Crippen molar-refractivity contribution in [1.29, 1.82) is 0 Å². The van der Waals surface area contributed by atoms with Crippen LogP contribution < -0.4 is 4.74 Å². The molecule has 104 valence electrons. The summed E-state index contributed by atoms with van der Waals surface area (Å²) in [5.74, 6) is 0.121. The molecule has 0 spiro atoms. The molecule has 5 heteroatoms. The second kappa shape index (κ2) is 6.99. The summed E-state index contributed by atoms with van der Waals surface area (Å²) >= 11 is 3.86. The third-order valence-corrected chi connectivity index (χ3v) is 4.34. The molecule has 0 aromatic heterocycles. The quantitative estimate of drug-likeness (QED) is 0.568. The highest BCUT2D eigenvalue weighted by Gasteiger charge is 2.13. The van der Waals surface area contributed by atoms with Crippen molar-refractivity contribution in [3.05, 3.63) is 51.6 Å². The maximum atomic E-state index is 11.7. The summed E-state index contributed by atoms with van der Waals surface area (Å²) in [5.41, 5.74) is 0.436. The fourth-order valence-corrected chi connectivity index (χ4v) is 2.88. The summed E-state index contributed by atoms with van der Waals surface area (Å²) in [6, 6.07) is 13.7. The van der Waals surface area contributed by atoms with Crippen molar-refractivity contribution in [3.63, 3.8) is 0 Å². The Labute approximate surface area is 135 Å². The molecule has 2 aromatic rings. The Hall–Kier alpha value is -1.21. The van der Waals surface area contributed by atoms with Crippen LogP contribution in [0.3, 0.4) is 0 Å². The molecule has 0 saturated heterocycles. The first-order chi connectivity index (χ1) is 9.63. The number of rotatable bonds is 4. The second-order valence-corrected chi connectivity index (χ2v) is 6.30. The van der Waals surface area contributed by atoms with Crippen molar-refractivity contribution in [2.45, 2.75) is 9.79 Å². The Morgan fingerprint density at radius 1 is 1.05 bits per heavy atom. The molecule has 0 heterocycles. The average molecular weight is 400 g/mol. The molecule has 0 aliphatic rings. The molecule has 0 aliphatic heterocycles. The number of hydrogen-bond acceptors (Lipinski definition) is 4. The van der Waals surface area contributed by atoms with Crippen LogP contribution in [0.5, 0.6) is 5.75 Å². The zero-order valence-electron chi connectivity index (χ0n) is 11.1. The van der Waals surface area contributed by atoms with Crippen LogP contribution in [0, 0.1) is 3.57 Å². The number of ether oxygens (including phenoxy) is 2. The smallest absolute Gasteiger partial charge is 0.341 e. The highest BCUT2D eigenvalue weighted by atomic mass is 127. The predicted octanol–water partition coefficient (Wildman–Crippen LogP) is 4.24. The molecule has 2 aromatic carbocycles. The minimum atomic E-state index is -0.396. The van der Waals surface area contributed by atoms with Crippen molar-refractivity contribution in [1.82, 2.24) is 0 Å². The van der Waals surface area contributed by atoms with Crippen molar-refractivity contribution >= 4 is 40.3 Å². The zero-order chi connectivity index (χ0) is 14.5. The standard InChI is InChI=1S/C15H13IO3S/c1-18-14-8-7-12(9-13(14)15(17)19-2)20-11-5-3-10(16)4-6-11/h3-9H,1-2H3. The Balaban J connectivity index is 2.28. The van der Waals surface area contributed by atoms with E-state index < -0.39 is 5.97 Å². The van der Waals surface area contributed by atoms with E-state index in [4.69, 9.17) is 9.47 Å². The molecule has 0 saturated carbocycles. The van der Waals surface area contributed by atoms with Gasteiger partial charge in [-0.3, -0.25) is 0 Å². The lowest BCUT2D eigenvalue weighted by Crippen LogP contribution is -2.04. The van der Waals surface area contributed by atoms with E-state index in [2.05, 4.69) is 34.7 Å². The van der Waals surface area contributed by atoms with Crippen LogP contribution in [-0.2, 0) is 4.74 Å². The maximum Gasteiger partial charge on any atom is 0.341 e. The fourth-order valence-electron chi connectivity index (χ4n) is 1.66. The van der Waals surface area contributed by atoms with Crippen LogP contribution in [-0.4, -0.2) is 20.2 Å². The number of carbonyl (C=O) groups is 1. The van der Waals surface area contributed by atoms with Gasteiger partial charge in [0.1, 0.15) is 11.3 Å². The van der Waals surface area contributed by atoms with E-state index in [1.54, 1.807) is 23.9 Å². The number of carbonyl (C=O) groups excluding carboxylic acids is 1. The van der Waals surface area contributed by atoms with Crippen molar-refractivity contribution in [2.75, 3.05) is 14.2 Å². The average Bonchev–Trinajstić information content (AvgIpc) is 2.48. The van der Waals surface area contributed by atoms with Gasteiger partial charge >= 0.3 is 5.97 Å². The lowest BCUT2D eigenvalue weighted by molar-refractivity contribution is 0.0597. The van der Waals surface area contributed by atoms with Gasteiger partial charge in [-0.2, -0.15) is 0 Å². The SMILES string of the molecule is COC(=O)c1cc(Sc2ccc(I)cc2)ccc1OC. The number of esters is 1. The summed E-state index contributed by atoms with van der Waals surface area (Å²) in [6.45, 7) is 0. The number of halogens is 1. The number of hydrogen-bond donors (Lipinski definition) is 0. The van der Waals surface area contributed by atoms with E-state index in [0.717, 1.165) is 9.79 Å². The van der Waals surface area contributed by atoms with Gasteiger partial charge in [0.05, 0.1) is 14.2 Å². The van der Waals surface area contributed by atoms with Crippen LogP contribution >= 0.6 is 34.4 Å². The van der Waals surface area contributed by atoms with Crippen LogP contribution in [0.1, 0.15) is 10.4 Å². The molecule has 0 N–H and O–H groups in total. The first kappa shape index (κ1) is 15.2. The van der Waals surface area contributed by atoms with Crippen molar-refractivity contribution in [2.24, 2.45) is 0 Å². The van der Waals surface area contributed by atoms with Gasteiger partial charge in [-0.15, -0.1) is 0 Å². The third kappa shape index (κ3) is 3.67. The molecule has 2 rings (SSSR count). The summed E-state index contributed by atoms with van der Waals surface area (Å²) in [4.78, 5) is 13.8. The van der Waals surface area contributed by atoms with E-state index in [0.29, 0.717) is 11.3 Å². The largest absolute Gasteiger partial charge is 0.496 e. The van der Waals surface area contributed by atoms with Crippen molar-refractivity contribution in [3.8, 4) is 5.75 Å². The van der Waals surface area contributed by atoms with Crippen molar-refractivity contribution < 1.29 is 14.3 Å². The summed E-state index contributed by atoms with van der Waals surface area (Å²) in [6.07, 6.45) is 0. The number of methoxy groups -OCH3 is 2. The molecule has 20 heavy (non-hydrogen) atoms. The monoisotopic (exact) mass is 400 g/mol. The molecule has 0 atom stereocenters. The van der Waals surface area contributed by atoms with Crippen LogP contribution in [0.4, 0.5) is 0 Å². The van der Waals surface area contributed by atoms with Crippen LogP contribution in [0.25, 0.3) is 0 Å². The topological polar surface area (TPSA) is 35.5 Å². The van der Waals surface area contributed by atoms with E-state index in [-0.39, 0.29) is 0 Å². The van der Waals surface area contributed by atoms with Gasteiger partial charge in [0.15, 0.2) is 0 Å². The van der Waals surface area contributed by atoms with Gasteiger partial charge in [0, 0.05) is 13.4 Å². The lowest BCUT2D eigenvalue weighted by atomic mass is 10.2. The Bertz CT molecular complexity index is 611.